The average Bonchev–Trinajstić information content (AvgIpc) is 2.33. The highest BCUT2D eigenvalue weighted by atomic mass is 35.5. The van der Waals surface area contributed by atoms with Gasteiger partial charge in [0.25, 0.3) is 5.91 Å². The summed E-state index contributed by atoms with van der Waals surface area (Å²) in [5.74, 6) is -0.232. The van der Waals surface area contributed by atoms with Crippen molar-refractivity contribution in [1.82, 2.24) is 0 Å². The van der Waals surface area contributed by atoms with Crippen LogP contribution in [0.3, 0.4) is 0 Å². The zero-order chi connectivity index (χ0) is 13.7. The molecule has 18 heavy (non-hydrogen) atoms. The Morgan fingerprint density at radius 2 is 2.17 bits per heavy atom. The molecule has 0 saturated carbocycles. The van der Waals surface area contributed by atoms with Gasteiger partial charge in [-0.15, -0.1) is 0 Å². The number of anilines is 2. The van der Waals surface area contributed by atoms with E-state index in [-0.39, 0.29) is 12.0 Å². The van der Waals surface area contributed by atoms with Gasteiger partial charge in [-0.05, 0) is 38.5 Å². The summed E-state index contributed by atoms with van der Waals surface area (Å²) in [7, 11) is 0. The van der Waals surface area contributed by atoms with E-state index in [4.69, 9.17) is 22.1 Å². The monoisotopic (exact) mass is 270 g/mol. The number of halogens is 1. The zero-order valence-electron chi connectivity index (χ0n) is 10.9. The van der Waals surface area contributed by atoms with Crippen molar-refractivity contribution in [2.45, 2.75) is 39.4 Å². The number of rotatable bonds is 5. The molecule has 5 heteroatoms. The van der Waals surface area contributed by atoms with Gasteiger partial charge in [0.05, 0.1) is 17.5 Å². The molecule has 0 aliphatic heterocycles. The van der Waals surface area contributed by atoms with E-state index in [9.17, 15) is 4.79 Å². The van der Waals surface area contributed by atoms with E-state index < -0.39 is 6.10 Å². The number of carbonyl (C=O) groups is 1. The van der Waals surface area contributed by atoms with Gasteiger partial charge in [0.15, 0.2) is 0 Å². The van der Waals surface area contributed by atoms with Gasteiger partial charge in [0.2, 0.25) is 0 Å². The van der Waals surface area contributed by atoms with Crippen molar-refractivity contribution < 1.29 is 9.53 Å². The van der Waals surface area contributed by atoms with E-state index in [0.717, 1.165) is 6.42 Å². The summed E-state index contributed by atoms with van der Waals surface area (Å²) in [6, 6.07) is 4.94. The first-order valence-electron chi connectivity index (χ1n) is 5.95. The van der Waals surface area contributed by atoms with E-state index >= 15 is 0 Å². The molecule has 4 nitrogen and oxygen atoms in total. The predicted octanol–water partition coefficient (Wildman–Crippen LogP) is 3.06. The normalized spacial score (nSPS) is 14.0. The van der Waals surface area contributed by atoms with Crippen LogP contribution in [0.2, 0.25) is 5.02 Å². The van der Waals surface area contributed by atoms with Gasteiger partial charge in [0.1, 0.15) is 6.10 Å². The lowest BCUT2D eigenvalue weighted by Gasteiger charge is -2.18. The Labute approximate surface area is 112 Å². The van der Waals surface area contributed by atoms with Gasteiger partial charge in [-0.3, -0.25) is 4.79 Å². The van der Waals surface area contributed by atoms with Gasteiger partial charge >= 0.3 is 0 Å². The van der Waals surface area contributed by atoms with E-state index in [1.807, 2.05) is 13.8 Å². The van der Waals surface area contributed by atoms with Crippen molar-refractivity contribution in [3.05, 3.63) is 23.2 Å². The minimum Gasteiger partial charge on any atom is -0.397 e. The first-order valence-corrected chi connectivity index (χ1v) is 6.33. The number of hydrogen-bond acceptors (Lipinski definition) is 3. The standard InChI is InChI=1S/C13H19ClN2O2/c1-4-8(2)18-9(3)13(17)16-12-7-10(14)5-6-11(12)15/h5-9H,4,15H2,1-3H3,(H,16,17). The van der Waals surface area contributed by atoms with Crippen LogP contribution in [0.5, 0.6) is 0 Å². The fraction of sp³-hybridized carbons (Fsp3) is 0.462. The second kappa shape index (κ2) is 6.61. The van der Waals surface area contributed by atoms with E-state index in [1.165, 1.54) is 0 Å². The summed E-state index contributed by atoms with van der Waals surface area (Å²) in [5, 5.41) is 3.23. The fourth-order valence-electron chi connectivity index (χ4n) is 1.38. The number of ether oxygens (including phenoxy) is 1. The molecule has 2 atom stereocenters. The molecule has 1 aromatic carbocycles. The van der Waals surface area contributed by atoms with Gasteiger partial charge in [-0.2, -0.15) is 0 Å². The number of amides is 1. The molecule has 0 bridgehead atoms. The first-order chi connectivity index (χ1) is 8.43. The summed E-state index contributed by atoms with van der Waals surface area (Å²) < 4.78 is 5.52. The molecule has 0 fully saturated rings. The largest absolute Gasteiger partial charge is 0.397 e. The Morgan fingerprint density at radius 1 is 1.50 bits per heavy atom. The predicted molar refractivity (Wildman–Crippen MR) is 74.8 cm³/mol. The van der Waals surface area contributed by atoms with Gasteiger partial charge < -0.3 is 15.8 Å². The number of carbonyl (C=O) groups excluding carboxylic acids is 1. The van der Waals surface area contributed by atoms with Crippen molar-refractivity contribution in [2.24, 2.45) is 0 Å². The first kappa shape index (κ1) is 14.8. The fourth-order valence-corrected chi connectivity index (χ4v) is 1.55. The molecule has 0 aliphatic carbocycles. The van der Waals surface area contributed by atoms with Crippen molar-refractivity contribution in [2.75, 3.05) is 11.1 Å². The number of nitrogen functional groups attached to an aromatic ring is 1. The van der Waals surface area contributed by atoms with Gasteiger partial charge in [-0.1, -0.05) is 18.5 Å². The second-order valence-electron chi connectivity index (χ2n) is 4.22. The SMILES string of the molecule is CCC(C)OC(C)C(=O)Nc1cc(Cl)ccc1N. The van der Waals surface area contributed by atoms with Crippen LogP contribution >= 0.6 is 11.6 Å². The molecule has 100 valence electrons. The molecule has 2 unspecified atom stereocenters. The number of nitrogens with two attached hydrogens (primary N) is 1. The molecule has 0 radical (unpaired) electrons. The molecular formula is C13H19ClN2O2. The Balaban J connectivity index is 2.66. The summed E-state index contributed by atoms with van der Waals surface area (Å²) in [6.45, 7) is 5.64. The molecule has 1 amide bonds. The minimum absolute atomic E-state index is 0.0439. The highest BCUT2D eigenvalue weighted by Gasteiger charge is 2.16. The van der Waals surface area contributed by atoms with Crippen molar-refractivity contribution >= 4 is 28.9 Å². The summed E-state index contributed by atoms with van der Waals surface area (Å²) >= 11 is 5.85. The lowest BCUT2D eigenvalue weighted by molar-refractivity contribution is -0.129. The Hall–Kier alpha value is -1.26. The van der Waals surface area contributed by atoms with Crippen LogP contribution in [0.25, 0.3) is 0 Å². The van der Waals surface area contributed by atoms with Crippen LogP contribution in [0.4, 0.5) is 11.4 Å². The van der Waals surface area contributed by atoms with Crippen LogP contribution in [0.15, 0.2) is 18.2 Å². The maximum atomic E-state index is 11.9. The Morgan fingerprint density at radius 3 is 2.78 bits per heavy atom. The molecular weight excluding hydrogens is 252 g/mol. The molecule has 0 saturated heterocycles. The summed E-state index contributed by atoms with van der Waals surface area (Å²) in [6.07, 6.45) is 0.373. The lowest BCUT2D eigenvalue weighted by Crippen LogP contribution is -2.30. The maximum Gasteiger partial charge on any atom is 0.253 e. The molecule has 0 aromatic heterocycles. The van der Waals surface area contributed by atoms with E-state index in [1.54, 1.807) is 25.1 Å². The highest BCUT2D eigenvalue weighted by molar-refractivity contribution is 6.31. The Kier molecular flexibility index (Phi) is 5.44. The van der Waals surface area contributed by atoms with Crippen LogP contribution in [-0.4, -0.2) is 18.1 Å². The second-order valence-corrected chi connectivity index (χ2v) is 4.65. The van der Waals surface area contributed by atoms with Crippen molar-refractivity contribution in [3.8, 4) is 0 Å². The van der Waals surface area contributed by atoms with Crippen LogP contribution in [0.1, 0.15) is 27.2 Å². The minimum atomic E-state index is -0.529. The van der Waals surface area contributed by atoms with Crippen molar-refractivity contribution in [1.29, 1.82) is 0 Å². The third-order valence-electron chi connectivity index (χ3n) is 2.65. The molecule has 0 aliphatic rings. The highest BCUT2D eigenvalue weighted by Crippen LogP contribution is 2.23. The van der Waals surface area contributed by atoms with E-state index in [2.05, 4.69) is 5.32 Å². The number of nitrogens with one attached hydrogen (secondary N) is 1. The summed E-state index contributed by atoms with van der Waals surface area (Å²) in [4.78, 5) is 11.9. The lowest BCUT2D eigenvalue weighted by atomic mass is 10.2. The third kappa shape index (κ3) is 4.20. The molecule has 1 rings (SSSR count). The molecule has 0 spiro atoms. The van der Waals surface area contributed by atoms with Crippen molar-refractivity contribution in [3.63, 3.8) is 0 Å². The zero-order valence-corrected chi connectivity index (χ0v) is 11.6. The smallest absolute Gasteiger partial charge is 0.253 e. The Bertz CT molecular complexity index is 423. The quantitative estimate of drug-likeness (QED) is 0.808. The maximum absolute atomic E-state index is 11.9. The summed E-state index contributed by atoms with van der Waals surface area (Å²) in [5.41, 5.74) is 6.73. The van der Waals surface area contributed by atoms with E-state index in [0.29, 0.717) is 16.4 Å². The van der Waals surface area contributed by atoms with Crippen LogP contribution < -0.4 is 11.1 Å². The third-order valence-corrected chi connectivity index (χ3v) is 2.89. The molecule has 0 heterocycles. The van der Waals surface area contributed by atoms with Gasteiger partial charge in [-0.25, -0.2) is 0 Å². The molecule has 1 aromatic rings. The van der Waals surface area contributed by atoms with Crippen LogP contribution in [0, 0.1) is 0 Å². The topological polar surface area (TPSA) is 64.3 Å². The van der Waals surface area contributed by atoms with Crippen LogP contribution in [-0.2, 0) is 9.53 Å². The average molecular weight is 271 g/mol. The van der Waals surface area contributed by atoms with Gasteiger partial charge in [0, 0.05) is 5.02 Å². The number of benzene rings is 1. The molecule has 3 N–H and O–H groups in total. The number of hydrogen-bond donors (Lipinski definition) is 2.